The van der Waals surface area contributed by atoms with Crippen molar-refractivity contribution in [1.29, 1.82) is 0 Å². The number of para-hydroxylation sites is 3. The van der Waals surface area contributed by atoms with Gasteiger partial charge in [0.15, 0.2) is 16.3 Å². The molecule has 0 N–H and O–H groups in total. The molecule has 0 spiro atoms. The van der Waals surface area contributed by atoms with Crippen LogP contribution in [-0.4, -0.2) is 35.8 Å². The number of esters is 1. The van der Waals surface area contributed by atoms with Crippen LogP contribution in [0.5, 0.6) is 11.5 Å². The van der Waals surface area contributed by atoms with E-state index >= 15 is 0 Å². The summed E-state index contributed by atoms with van der Waals surface area (Å²) in [6, 6.07) is 13.0. The Labute approximate surface area is 171 Å². The smallest absolute Gasteiger partial charge is 0.326 e. The van der Waals surface area contributed by atoms with Gasteiger partial charge in [0.2, 0.25) is 6.10 Å². The highest BCUT2D eigenvalue weighted by Crippen LogP contribution is 2.31. The van der Waals surface area contributed by atoms with Gasteiger partial charge in [0, 0.05) is 0 Å². The fourth-order valence-electron chi connectivity index (χ4n) is 3.18. The summed E-state index contributed by atoms with van der Waals surface area (Å²) >= 11 is 1.35. The standard InChI is InChI=1S/C21H20N2O5S/c1-3-26-18(24)11-23-19-13(2)7-6-10-17(19)29-21(23)22-20(25)16-12-27-14-8-4-5-9-15(14)28-16/h4-10,16H,3,11-12H2,1-2H3. The van der Waals surface area contributed by atoms with Crippen LogP contribution >= 0.6 is 11.3 Å². The molecule has 3 aromatic rings. The van der Waals surface area contributed by atoms with Gasteiger partial charge >= 0.3 is 5.97 Å². The van der Waals surface area contributed by atoms with Crippen molar-refractivity contribution in [3.8, 4) is 11.5 Å². The van der Waals surface area contributed by atoms with E-state index in [9.17, 15) is 9.59 Å². The first-order valence-electron chi connectivity index (χ1n) is 9.28. The van der Waals surface area contributed by atoms with E-state index in [1.54, 1.807) is 23.6 Å². The molecule has 0 radical (unpaired) electrons. The van der Waals surface area contributed by atoms with Crippen molar-refractivity contribution in [2.45, 2.75) is 26.5 Å². The summed E-state index contributed by atoms with van der Waals surface area (Å²) in [4.78, 5) is 29.6. The molecule has 0 saturated heterocycles. The zero-order valence-corrected chi connectivity index (χ0v) is 16.9. The highest BCUT2D eigenvalue weighted by molar-refractivity contribution is 7.16. The zero-order chi connectivity index (χ0) is 20.4. The number of hydrogen-bond donors (Lipinski definition) is 0. The second-order valence-corrected chi connectivity index (χ2v) is 7.52. The summed E-state index contributed by atoms with van der Waals surface area (Å²) in [5, 5.41) is 0. The Balaban J connectivity index is 1.71. The highest BCUT2D eigenvalue weighted by atomic mass is 32.1. The van der Waals surface area contributed by atoms with Gasteiger partial charge in [-0.1, -0.05) is 35.6 Å². The quantitative estimate of drug-likeness (QED) is 0.616. The number of aromatic nitrogens is 1. The predicted octanol–water partition coefficient (Wildman–Crippen LogP) is 2.84. The van der Waals surface area contributed by atoms with E-state index in [-0.39, 0.29) is 19.1 Å². The van der Waals surface area contributed by atoms with Crippen LogP contribution in [0.4, 0.5) is 0 Å². The van der Waals surface area contributed by atoms with Gasteiger partial charge in [0.05, 0.1) is 16.8 Å². The van der Waals surface area contributed by atoms with Crippen LogP contribution in [0.3, 0.4) is 0 Å². The third-order valence-corrected chi connectivity index (χ3v) is 5.53. The molecule has 0 aliphatic carbocycles. The maximum atomic E-state index is 12.8. The number of fused-ring (bicyclic) bond motifs is 2. The van der Waals surface area contributed by atoms with E-state index < -0.39 is 12.0 Å². The van der Waals surface area contributed by atoms with Crippen LogP contribution in [0.1, 0.15) is 12.5 Å². The minimum absolute atomic E-state index is 0.0182. The summed E-state index contributed by atoms with van der Waals surface area (Å²) < 4.78 is 19.1. The molecule has 2 aromatic carbocycles. The molecule has 1 unspecified atom stereocenters. The Morgan fingerprint density at radius 3 is 2.79 bits per heavy atom. The zero-order valence-electron chi connectivity index (χ0n) is 16.1. The van der Waals surface area contributed by atoms with Crippen LogP contribution < -0.4 is 14.3 Å². The minimum Gasteiger partial charge on any atom is -0.485 e. The summed E-state index contributed by atoms with van der Waals surface area (Å²) in [5.74, 6) is 0.280. The van der Waals surface area contributed by atoms with Crippen molar-refractivity contribution >= 4 is 33.4 Å². The molecule has 0 saturated carbocycles. The maximum absolute atomic E-state index is 12.8. The van der Waals surface area contributed by atoms with Crippen molar-refractivity contribution in [3.63, 3.8) is 0 Å². The number of carbonyl (C=O) groups is 2. The molecule has 29 heavy (non-hydrogen) atoms. The lowest BCUT2D eigenvalue weighted by molar-refractivity contribution is -0.143. The van der Waals surface area contributed by atoms with Gasteiger partial charge in [0.25, 0.3) is 5.91 Å². The molecule has 0 bridgehead atoms. The van der Waals surface area contributed by atoms with Crippen LogP contribution in [-0.2, 0) is 20.9 Å². The van der Waals surface area contributed by atoms with Crippen LogP contribution in [0.15, 0.2) is 47.5 Å². The van der Waals surface area contributed by atoms with E-state index in [0.29, 0.717) is 22.9 Å². The van der Waals surface area contributed by atoms with Gasteiger partial charge in [-0.25, -0.2) is 0 Å². The van der Waals surface area contributed by atoms with Crippen molar-refractivity contribution in [3.05, 3.63) is 52.8 Å². The molecule has 4 rings (SSSR count). The Kier molecular flexibility index (Phi) is 5.35. The van der Waals surface area contributed by atoms with Gasteiger partial charge in [0.1, 0.15) is 13.2 Å². The Morgan fingerprint density at radius 1 is 1.21 bits per heavy atom. The van der Waals surface area contributed by atoms with Crippen molar-refractivity contribution in [2.75, 3.05) is 13.2 Å². The van der Waals surface area contributed by atoms with Crippen molar-refractivity contribution in [1.82, 2.24) is 4.57 Å². The Hall–Kier alpha value is -3.13. The normalized spacial score (nSPS) is 16.1. The SMILES string of the molecule is CCOC(=O)Cn1c(=NC(=O)C2COc3ccccc3O2)sc2cccc(C)c21. The van der Waals surface area contributed by atoms with Gasteiger partial charge in [-0.15, -0.1) is 0 Å². The second-order valence-electron chi connectivity index (χ2n) is 6.51. The number of carbonyl (C=O) groups excluding carboxylic acids is 2. The van der Waals surface area contributed by atoms with Crippen LogP contribution in [0.25, 0.3) is 10.2 Å². The number of nitrogens with zero attached hydrogens (tertiary/aromatic N) is 2. The van der Waals surface area contributed by atoms with Gasteiger partial charge in [-0.2, -0.15) is 4.99 Å². The largest absolute Gasteiger partial charge is 0.485 e. The number of aryl methyl sites for hydroxylation is 1. The molecule has 1 amide bonds. The maximum Gasteiger partial charge on any atom is 0.326 e. The van der Waals surface area contributed by atoms with Crippen molar-refractivity contribution in [2.24, 2.45) is 4.99 Å². The lowest BCUT2D eigenvalue weighted by atomic mass is 10.2. The predicted molar refractivity (Wildman–Crippen MR) is 108 cm³/mol. The highest BCUT2D eigenvalue weighted by Gasteiger charge is 2.27. The Morgan fingerprint density at radius 2 is 2.00 bits per heavy atom. The molecule has 2 heterocycles. The first-order chi connectivity index (χ1) is 14.1. The van der Waals surface area contributed by atoms with Gasteiger partial charge < -0.3 is 18.8 Å². The molecule has 1 atom stereocenters. The molecular formula is C21H20N2O5S. The van der Waals surface area contributed by atoms with Gasteiger partial charge in [-0.3, -0.25) is 9.59 Å². The fraction of sp³-hybridized carbons (Fsp3) is 0.286. The third-order valence-electron chi connectivity index (χ3n) is 4.49. The van der Waals surface area contributed by atoms with E-state index in [0.717, 1.165) is 15.8 Å². The summed E-state index contributed by atoms with van der Waals surface area (Å²) in [5.41, 5.74) is 1.85. The number of hydrogen-bond acceptors (Lipinski definition) is 6. The van der Waals surface area contributed by atoms with E-state index in [1.165, 1.54) is 11.3 Å². The Bertz CT molecular complexity index is 1150. The lowest BCUT2D eigenvalue weighted by Gasteiger charge is -2.23. The average Bonchev–Trinajstić information content (AvgIpc) is 3.06. The van der Waals surface area contributed by atoms with E-state index in [4.69, 9.17) is 14.2 Å². The molecule has 1 aliphatic rings. The first kappa shape index (κ1) is 19.2. The lowest BCUT2D eigenvalue weighted by Crippen LogP contribution is -2.37. The average molecular weight is 412 g/mol. The summed E-state index contributed by atoms with van der Waals surface area (Å²) in [7, 11) is 0. The molecular weight excluding hydrogens is 392 g/mol. The molecule has 8 heteroatoms. The summed E-state index contributed by atoms with van der Waals surface area (Å²) in [6.45, 7) is 4.07. The first-order valence-corrected chi connectivity index (χ1v) is 10.1. The summed E-state index contributed by atoms with van der Waals surface area (Å²) in [6.07, 6.45) is -0.841. The molecule has 7 nitrogen and oxygen atoms in total. The topological polar surface area (TPSA) is 79.1 Å². The molecule has 150 valence electrons. The minimum atomic E-state index is -0.841. The van der Waals surface area contributed by atoms with Crippen LogP contribution in [0, 0.1) is 6.92 Å². The number of rotatable bonds is 4. The monoisotopic (exact) mass is 412 g/mol. The van der Waals surface area contributed by atoms with E-state index in [1.807, 2.05) is 37.3 Å². The molecule has 1 aliphatic heterocycles. The molecule has 0 fully saturated rings. The van der Waals surface area contributed by atoms with E-state index in [2.05, 4.69) is 4.99 Å². The number of ether oxygens (including phenoxy) is 3. The molecule has 1 aromatic heterocycles. The second kappa shape index (κ2) is 8.08. The van der Waals surface area contributed by atoms with Gasteiger partial charge in [-0.05, 0) is 37.6 Å². The van der Waals surface area contributed by atoms with Crippen LogP contribution in [0.2, 0.25) is 0 Å². The number of thiazole rings is 1. The third kappa shape index (κ3) is 3.88. The van der Waals surface area contributed by atoms with Crippen molar-refractivity contribution < 1.29 is 23.8 Å². The number of amides is 1. The number of benzene rings is 2. The fourth-order valence-corrected chi connectivity index (χ4v) is 4.30.